The number of aliphatic hydroxyl groups is 1. The molecular weight excluding hydrogens is 160 g/mol. The fourth-order valence-corrected chi connectivity index (χ4v) is 3.24. The quantitative estimate of drug-likeness (QED) is 0.607. The van der Waals surface area contributed by atoms with Crippen LogP contribution in [0.5, 0.6) is 0 Å². The smallest absolute Gasteiger partial charge is 0.0774 e. The molecule has 4 atom stereocenters. The van der Waals surface area contributed by atoms with Crippen LogP contribution in [-0.4, -0.2) is 10.7 Å². The Labute approximate surface area is 79.2 Å². The minimum Gasteiger partial charge on any atom is -0.386 e. The van der Waals surface area contributed by atoms with Crippen molar-refractivity contribution in [1.29, 1.82) is 0 Å². The van der Waals surface area contributed by atoms with Crippen molar-refractivity contribution in [2.24, 2.45) is 23.7 Å². The van der Waals surface area contributed by atoms with Crippen LogP contribution in [0.15, 0.2) is 23.8 Å². The van der Waals surface area contributed by atoms with Gasteiger partial charge in [-0.25, -0.2) is 0 Å². The predicted molar refractivity (Wildman–Crippen MR) is 52.1 cm³/mol. The van der Waals surface area contributed by atoms with Crippen LogP contribution in [0.3, 0.4) is 0 Å². The molecule has 0 spiro atoms. The molecule has 2 fully saturated rings. The van der Waals surface area contributed by atoms with Gasteiger partial charge in [0.2, 0.25) is 0 Å². The second kappa shape index (κ2) is 2.09. The Morgan fingerprint density at radius 2 is 1.85 bits per heavy atom. The molecule has 0 unspecified atom stereocenters. The molecule has 3 aliphatic carbocycles. The first kappa shape index (κ1) is 7.81. The predicted octanol–water partition coefficient (Wildman–Crippen LogP) is 2.14. The van der Waals surface area contributed by atoms with E-state index in [4.69, 9.17) is 0 Å². The summed E-state index contributed by atoms with van der Waals surface area (Å²) in [7, 11) is 0. The van der Waals surface area contributed by atoms with Gasteiger partial charge in [-0.15, -0.1) is 0 Å². The van der Waals surface area contributed by atoms with Crippen molar-refractivity contribution in [3.63, 3.8) is 0 Å². The Bertz CT molecular complexity index is 286. The van der Waals surface area contributed by atoms with Crippen LogP contribution in [0.1, 0.15) is 20.3 Å². The molecule has 0 amide bonds. The van der Waals surface area contributed by atoms with E-state index in [2.05, 4.69) is 18.2 Å². The van der Waals surface area contributed by atoms with Crippen molar-refractivity contribution >= 4 is 0 Å². The fraction of sp³-hybridized carbons (Fsp3) is 0.667. The summed E-state index contributed by atoms with van der Waals surface area (Å²) in [5.74, 6) is 3.23. The van der Waals surface area contributed by atoms with E-state index >= 15 is 0 Å². The second-order valence-corrected chi connectivity index (χ2v) is 5.30. The van der Waals surface area contributed by atoms with E-state index in [-0.39, 0.29) is 0 Å². The minimum absolute atomic E-state index is 0.612. The van der Waals surface area contributed by atoms with E-state index in [1.165, 1.54) is 12.0 Å². The molecule has 3 aliphatic rings. The highest BCUT2D eigenvalue weighted by molar-refractivity contribution is 5.42. The van der Waals surface area contributed by atoms with Gasteiger partial charge < -0.3 is 5.11 Å². The SMILES string of the molecule is CC(C)(O)C=C1[C@@H]2[C@H]1[C@H]1C=C[C@@H]2C1. The largest absolute Gasteiger partial charge is 0.386 e. The standard InChI is InChI=1S/C12H16O/c1-12(2,13)6-9-10-7-3-4-8(5-7)11(9)10/h3-4,6-8,10-11,13H,5H2,1-2H3/t7-,8+,10-,11+. The summed E-state index contributed by atoms with van der Waals surface area (Å²) in [6, 6.07) is 0. The minimum atomic E-state index is -0.612. The van der Waals surface area contributed by atoms with Crippen LogP contribution in [0.4, 0.5) is 0 Å². The van der Waals surface area contributed by atoms with E-state index in [0.29, 0.717) is 0 Å². The Morgan fingerprint density at radius 3 is 2.31 bits per heavy atom. The second-order valence-electron chi connectivity index (χ2n) is 5.30. The van der Waals surface area contributed by atoms with Crippen LogP contribution in [0.25, 0.3) is 0 Å². The number of fused-ring (bicyclic) bond motifs is 5. The average molecular weight is 176 g/mol. The molecule has 0 aromatic carbocycles. The van der Waals surface area contributed by atoms with Crippen molar-refractivity contribution in [3.05, 3.63) is 23.8 Å². The molecule has 13 heavy (non-hydrogen) atoms. The van der Waals surface area contributed by atoms with Gasteiger partial charge in [0.05, 0.1) is 5.60 Å². The summed E-state index contributed by atoms with van der Waals surface area (Å²) in [5, 5.41) is 9.68. The topological polar surface area (TPSA) is 20.2 Å². The molecule has 2 bridgehead atoms. The molecule has 0 aromatic rings. The summed E-state index contributed by atoms with van der Waals surface area (Å²) in [6.07, 6.45) is 8.20. The molecule has 0 saturated heterocycles. The lowest BCUT2D eigenvalue weighted by Crippen LogP contribution is -2.14. The Morgan fingerprint density at radius 1 is 1.31 bits per heavy atom. The summed E-state index contributed by atoms with van der Waals surface area (Å²) >= 11 is 0. The van der Waals surface area contributed by atoms with E-state index < -0.39 is 5.60 Å². The molecular formula is C12H16O. The lowest BCUT2D eigenvalue weighted by molar-refractivity contribution is 0.132. The van der Waals surface area contributed by atoms with Crippen molar-refractivity contribution in [2.75, 3.05) is 0 Å². The number of hydrogen-bond acceptors (Lipinski definition) is 1. The third kappa shape index (κ3) is 1.03. The highest BCUT2D eigenvalue weighted by atomic mass is 16.3. The lowest BCUT2D eigenvalue weighted by atomic mass is 10.0. The van der Waals surface area contributed by atoms with Gasteiger partial charge in [0, 0.05) is 0 Å². The number of rotatable bonds is 1. The number of allylic oxidation sites excluding steroid dienone is 3. The monoisotopic (exact) mass is 176 g/mol. The summed E-state index contributed by atoms with van der Waals surface area (Å²) in [4.78, 5) is 0. The molecule has 70 valence electrons. The molecule has 0 aromatic heterocycles. The highest BCUT2D eigenvalue weighted by Crippen LogP contribution is 2.66. The molecule has 2 saturated carbocycles. The zero-order chi connectivity index (χ0) is 9.22. The zero-order valence-corrected chi connectivity index (χ0v) is 8.20. The maximum atomic E-state index is 9.68. The van der Waals surface area contributed by atoms with Gasteiger partial charge in [-0.1, -0.05) is 23.8 Å². The maximum absolute atomic E-state index is 9.68. The lowest BCUT2D eigenvalue weighted by Gasteiger charge is -2.11. The summed E-state index contributed by atoms with van der Waals surface area (Å²) in [6.45, 7) is 3.73. The molecule has 1 N–H and O–H groups in total. The molecule has 0 aliphatic heterocycles. The van der Waals surface area contributed by atoms with Crippen molar-refractivity contribution in [3.8, 4) is 0 Å². The summed E-state index contributed by atoms with van der Waals surface area (Å²) in [5.41, 5.74) is 0.915. The normalized spacial score (nSPS) is 48.7. The van der Waals surface area contributed by atoms with Crippen LogP contribution in [-0.2, 0) is 0 Å². The first-order chi connectivity index (χ1) is 6.06. The van der Waals surface area contributed by atoms with Gasteiger partial charge in [-0.3, -0.25) is 0 Å². The van der Waals surface area contributed by atoms with Gasteiger partial charge in [0.25, 0.3) is 0 Å². The van der Waals surface area contributed by atoms with Gasteiger partial charge in [-0.05, 0) is 43.9 Å². The van der Waals surface area contributed by atoms with E-state index in [1.807, 2.05) is 13.8 Å². The van der Waals surface area contributed by atoms with Crippen LogP contribution >= 0.6 is 0 Å². The van der Waals surface area contributed by atoms with Gasteiger partial charge in [0.15, 0.2) is 0 Å². The first-order valence-corrected chi connectivity index (χ1v) is 5.19. The van der Waals surface area contributed by atoms with Gasteiger partial charge in [-0.2, -0.15) is 0 Å². The van der Waals surface area contributed by atoms with Crippen LogP contribution < -0.4 is 0 Å². The Balaban J connectivity index is 1.85. The maximum Gasteiger partial charge on any atom is 0.0774 e. The average Bonchev–Trinajstić information content (AvgIpc) is 2.41. The highest BCUT2D eigenvalue weighted by Gasteiger charge is 2.59. The van der Waals surface area contributed by atoms with Crippen molar-refractivity contribution < 1.29 is 5.11 Å². The molecule has 0 radical (unpaired) electrons. The van der Waals surface area contributed by atoms with E-state index in [9.17, 15) is 5.11 Å². The van der Waals surface area contributed by atoms with Gasteiger partial charge >= 0.3 is 0 Å². The number of hydrogen-bond donors (Lipinski definition) is 1. The fourth-order valence-electron chi connectivity index (χ4n) is 3.24. The van der Waals surface area contributed by atoms with Crippen LogP contribution in [0.2, 0.25) is 0 Å². The van der Waals surface area contributed by atoms with Crippen molar-refractivity contribution in [1.82, 2.24) is 0 Å². The van der Waals surface area contributed by atoms with Crippen molar-refractivity contribution in [2.45, 2.75) is 25.9 Å². The third-order valence-electron chi connectivity index (χ3n) is 3.64. The van der Waals surface area contributed by atoms with E-state index in [0.717, 1.165) is 23.7 Å². The Kier molecular flexibility index (Phi) is 1.25. The first-order valence-electron chi connectivity index (χ1n) is 5.19. The molecule has 0 heterocycles. The summed E-state index contributed by atoms with van der Waals surface area (Å²) < 4.78 is 0. The third-order valence-corrected chi connectivity index (χ3v) is 3.64. The Hall–Kier alpha value is -0.560. The molecule has 3 rings (SSSR count). The van der Waals surface area contributed by atoms with Crippen LogP contribution in [0, 0.1) is 23.7 Å². The zero-order valence-electron chi connectivity index (χ0n) is 8.20. The molecule has 1 nitrogen and oxygen atoms in total. The van der Waals surface area contributed by atoms with Gasteiger partial charge in [0.1, 0.15) is 0 Å². The van der Waals surface area contributed by atoms with E-state index in [1.54, 1.807) is 0 Å². The molecule has 1 heteroatoms.